The summed E-state index contributed by atoms with van der Waals surface area (Å²) in [7, 11) is 0. The predicted octanol–water partition coefficient (Wildman–Crippen LogP) is 3.41. The summed E-state index contributed by atoms with van der Waals surface area (Å²) in [6, 6.07) is 7.56. The van der Waals surface area contributed by atoms with E-state index in [0.717, 1.165) is 11.1 Å². The predicted molar refractivity (Wildman–Crippen MR) is 97.8 cm³/mol. The lowest BCUT2D eigenvalue weighted by Gasteiger charge is -2.30. The van der Waals surface area contributed by atoms with Crippen molar-refractivity contribution < 1.29 is 14.6 Å². The number of ether oxygens (including phenoxy) is 1. The van der Waals surface area contributed by atoms with Gasteiger partial charge in [-0.25, -0.2) is 5.01 Å². The summed E-state index contributed by atoms with van der Waals surface area (Å²) < 4.78 is 5.27. The molecule has 0 saturated heterocycles. The molecule has 24 heavy (non-hydrogen) atoms. The van der Waals surface area contributed by atoms with Crippen molar-refractivity contribution in [2.24, 2.45) is 5.10 Å². The Morgan fingerprint density at radius 3 is 2.38 bits per heavy atom. The molecule has 0 aromatic heterocycles. The van der Waals surface area contributed by atoms with Crippen LogP contribution in [0.4, 0.5) is 0 Å². The summed E-state index contributed by atoms with van der Waals surface area (Å²) in [5.74, 6) is -0.382. The largest absolute Gasteiger partial charge is 0.394 e. The number of carbonyl (C=O) groups is 1. The highest BCUT2D eigenvalue weighted by atomic mass is 35.5. The molecule has 1 amide bonds. The van der Waals surface area contributed by atoms with Crippen molar-refractivity contribution in [1.82, 2.24) is 5.01 Å². The number of halogens is 1. The monoisotopic (exact) mass is 352 g/mol. The van der Waals surface area contributed by atoms with Gasteiger partial charge in [-0.3, -0.25) is 4.79 Å². The van der Waals surface area contributed by atoms with Crippen LogP contribution in [0.25, 0.3) is 5.57 Å². The van der Waals surface area contributed by atoms with Crippen molar-refractivity contribution in [2.75, 3.05) is 13.2 Å². The second-order valence-corrected chi connectivity index (χ2v) is 6.72. The second kappa shape index (κ2) is 8.97. The topological polar surface area (TPSA) is 62.1 Å². The van der Waals surface area contributed by atoms with Crippen LogP contribution >= 0.6 is 11.6 Å². The van der Waals surface area contributed by atoms with Crippen molar-refractivity contribution >= 4 is 29.8 Å². The van der Waals surface area contributed by atoms with Gasteiger partial charge in [0.25, 0.3) is 5.91 Å². The minimum absolute atomic E-state index is 0.000729. The molecule has 0 bridgehead atoms. The number of rotatable bonds is 7. The lowest BCUT2D eigenvalue weighted by molar-refractivity contribution is -0.130. The van der Waals surface area contributed by atoms with E-state index in [0.29, 0.717) is 18.8 Å². The Bertz CT molecular complexity index is 604. The van der Waals surface area contributed by atoms with Gasteiger partial charge in [0.05, 0.1) is 25.4 Å². The van der Waals surface area contributed by atoms with Crippen molar-refractivity contribution in [3.63, 3.8) is 0 Å². The SMILES string of the molecule is C=NN(C(=O)/C(Cl)=C(\C)c1ccc(COCCO)cc1)C(C)(C)C. The van der Waals surface area contributed by atoms with Gasteiger partial charge in [-0.2, -0.15) is 5.10 Å². The number of amides is 1. The Morgan fingerprint density at radius 2 is 1.92 bits per heavy atom. The standard InChI is InChI=1S/C18H25ClN2O3/c1-13(16(19)17(23)21(20-5)18(2,3)4)15-8-6-14(7-9-15)12-24-11-10-22/h6-9,22H,5,10-12H2,1-4H3/b16-13-. The van der Waals surface area contributed by atoms with E-state index in [1.54, 1.807) is 6.92 Å². The minimum Gasteiger partial charge on any atom is -0.394 e. The van der Waals surface area contributed by atoms with Gasteiger partial charge in [0, 0.05) is 6.72 Å². The summed E-state index contributed by atoms with van der Waals surface area (Å²) in [6.07, 6.45) is 0. The molecule has 0 unspecified atom stereocenters. The third kappa shape index (κ3) is 5.44. The number of allylic oxidation sites excluding steroid dienone is 1. The highest BCUT2D eigenvalue weighted by Gasteiger charge is 2.28. The highest BCUT2D eigenvalue weighted by molar-refractivity contribution is 6.45. The Morgan fingerprint density at radius 1 is 1.33 bits per heavy atom. The molecule has 1 aromatic rings. The molecule has 0 aliphatic heterocycles. The first-order chi connectivity index (χ1) is 11.2. The van der Waals surface area contributed by atoms with Crippen LogP contribution in [0, 0.1) is 0 Å². The first-order valence-corrected chi connectivity index (χ1v) is 8.05. The van der Waals surface area contributed by atoms with Crippen LogP contribution in [-0.2, 0) is 16.1 Å². The van der Waals surface area contributed by atoms with E-state index in [2.05, 4.69) is 11.8 Å². The zero-order chi connectivity index (χ0) is 18.3. The Hall–Kier alpha value is -1.69. The summed E-state index contributed by atoms with van der Waals surface area (Å²) >= 11 is 6.29. The molecule has 1 rings (SSSR count). The molecule has 0 spiro atoms. The number of hydrogen-bond donors (Lipinski definition) is 1. The molecule has 132 valence electrons. The molecular formula is C18H25ClN2O3. The van der Waals surface area contributed by atoms with Gasteiger partial charge in [0.15, 0.2) is 0 Å². The van der Waals surface area contributed by atoms with E-state index < -0.39 is 5.54 Å². The minimum atomic E-state index is -0.507. The number of hydrogen-bond acceptors (Lipinski definition) is 4. The highest BCUT2D eigenvalue weighted by Crippen LogP contribution is 2.26. The van der Waals surface area contributed by atoms with Gasteiger partial charge in [0.2, 0.25) is 0 Å². The van der Waals surface area contributed by atoms with Crippen LogP contribution in [0.15, 0.2) is 34.4 Å². The van der Waals surface area contributed by atoms with Crippen LogP contribution in [0.5, 0.6) is 0 Å². The third-order valence-electron chi connectivity index (χ3n) is 3.38. The van der Waals surface area contributed by atoms with E-state index in [1.165, 1.54) is 5.01 Å². The zero-order valence-corrected chi connectivity index (χ0v) is 15.4. The van der Waals surface area contributed by atoms with Gasteiger partial charge in [-0.05, 0) is 44.4 Å². The van der Waals surface area contributed by atoms with E-state index in [-0.39, 0.29) is 17.5 Å². The molecule has 0 aliphatic carbocycles. The van der Waals surface area contributed by atoms with Crippen molar-refractivity contribution in [3.8, 4) is 0 Å². The molecule has 0 radical (unpaired) electrons. The molecule has 5 nitrogen and oxygen atoms in total. The smallest absolute Gasteiger partial charge is 0.286 e. The molecular weight excluding hydrogens is 328 g/mol. The summed E-state index contributed by atoms with van der Waals surface area (Å²) in [5, 5.41) is 13.9. The molecule has 0 fully saturated rings. The fourth-order valence-electron chi connectivity index (χ4n) is 2.07. The van der Waals surface area contributed by atoms with Crippen LogP contribution in [0.3, 0.4) is 0 Å². The zero-order valence-electron chi connectivity index (χ0n) is 14.7. The molecule has 6 heteroatoms. The van der Waals surface area contributed by atoms with E-state index in [4.69, 9.17) is 21.4 Å². The van der Waals surface area contributed by atoms with Crippen molar-refractivity contribution in [1.29, 1.82) is 0 Å². The Labute approximate surface area is 148 Å². The van der Waals surface area contributed by atoms with Crippen molar-refractivity contribution in [3.05, 3.63) is 40.4 Å². The van der Waals surface area contributed by atoms with Gasteiger partial charge in [-0.1, -0.05) is 35.9 Å². The molecule has 0 saturated carbocycles. The molecule has 0 atom stereocenters. The number of nitrogens with zero attached hydrogens (tertiary/aromatic N) is 2. The average Bonchev–Trinajstić information content (AvgIpc) is 2.53. The first kappa shape index (κ1) is 20.4. The van der Waals surface area contributed by atoms with Gasteiger partial charge < -0.3 is 9.84 Å². The number of aliphatic hydroxyl groups is 1. The fraction of sp³-hybridized carbons (Fsp3) is 0.444. The van der Waals surface area contributed by atoms with E-state index >= 15 is 0 Å². The maximum atomic E-state index is 12.5. The molecule has 0 aliphatic rings. The van der Waals surface area contributed by atoms with Crippen molar-refractivity contribution in [2.45, 2.75) is 39.8 Å². The normalized spacial score (nSPS) is 12.6. The summed E-state index contributed by atoms with van der Waals surface area (Å²) in [4.78, 5) is 12.5. The van der Waals surface area contributed by atoms with Gasteiger partial charge >= 0.3 is 0 Å². The molecule has 0 heterocycles. The number of benzene rings is 1. The number of carbonyl (C=O) groups excluding carboxylic acids is 1. The quantitative estimate of drug-likeness (QED) is 0.354. The Kier molecular flexibility index (Phi) is 7.60. The van der Waals surface area contributed by atoms with Crippen LogP contribution < -0.4 is 0 Å². The molecule has 1 N–H and O–H groups in total. The second-order valence-electron chi connectivity index (χ2n) is 6.34. The first-order valence-electron chi connectivity index (χ1n) is 7.68. The lowest BCUT2D eigenvalue weighted by Crippen LogP contribution is -2.41. The molecule has 1 aromatic carbocycles. The average molecular weight is 353 g/mol. The van der Waals surface area contributed by atoms with E-state index in [9.17, 15) is 4.79 Å². The van der Waals surface area contributed by atoms with Crippen LogP contribution in [0.2, 0.25) is 0 Å². The van der Waals surface area contributed by atoms with Gasteiger partial charge in [0.1, 0.15) is 5.03 Å². The van der Waals surface area contributed by atoms with Crippen LogP contribution in [-0.4, -0.2) is 41.5 Å². The van der Waals surface area contributed by atoms with Gasteiger partial charge in [-0.15, -0.1) is 0 Å². The summed E-state index contributed by atoms with van der Waals surface area (Å²) in [6.45, 7) is 11.6. The number of aliphatic hydroxyl groups excluding tert-OH is 1. The number of hydrazone groups is 1. The maximum Gasteiger partial charge on any atom is 0.286 e. The third-order valence-corrected chi connectivity index (χ3v) is 3.82. The summed E-state index contributed by atoms with van der Waals surface area (Å²) in [5.41, 5.74) is 1.98. The Balaban J connectivity index is 2.97. The fourth-order valence-corrected chi connectivity index (χ4v) is 2.26. The maximum absolute atomic E-state index is 12.5. The van der Waals surface area contributed by atoms with E-state index in [1.807, 2.05) is 45.0 Å². The van der Waals surface area contributed by atoms with Crippen LogP contribution in [0.1, 0.15) is 38.8 Å². The lowest BCUT2D eigenvalue weighted by atomic mass is 10.0.